The molecule has 0 unspecified atom stereocenters. The highest BCUT2D eigenvalue weighted by atomic mass is 16.5. The number of rotatable bonds is 5. The summed E-state index contributed by atoms with van der Waals surface area (Å²) >= 11 is 0. The number of nitrogens with zero attached hydrogens (tertiary/aromatic N) is 2. The van der Waals surface area contributed by atoms with Gasteiger partial charge in [-0.2, -0.15) is 0 Å². The summed E-state index contributed by atoms with van der Waals surface area (Å²) in [5.74, 6) is 0.895. The Hall–Kier alpha value is -2.33. The molecule has 1 saturated heterocycles. The van der Waals surface area contributed by atoms with Crippen LogP contribution in [0.15, 0.2) is 54.6 Å². The minimum absolute atomic E-state index is 0.111. The minimum Gasteiger partial charge on any atom is -0.489 e. The predicted molar refractivity (Wildman–Crippen MR) is 95.2 cm³/mol. The van der Waals surface area contributed by atoms with Gasteiger partial charge in [0.05, 0.1) is 0 Å². The Morgan fingerprint density at radius 3 is 2.25 bits per heavy atom. The largest absolute Gasteiger partial charge is 0.489 e. The van der Waals surface area contributed by atoms with E-state index in [9.17, 15) is 4.79 Å². The number of ether oxygens (including phenoxy) is 1. The average Bonchev–Trinajstić information content (AvgIpc) is 2.67. The van der Waals surface area contributed by atoms with E-state index >= 15 is 0 Å². The molecule has 0 spiro atoms. The number of carbonyl (C=O) groups is 1. The third kappa shape index (κ3) is 4.15. The van der Waals surface area contributed by atoms with Gasteiger partial charge in [-0.05, 0) is 36.4 Å². The number of benzene rings is 2. The van der Waals surface area contributed by atoms with Gasteiger partial charge in [0.2, 0.25) is 0 Å². The highest BCUT2D eigenvalue weighted by Crippen LogP contribution is 2.16. The molecule has 24 heavy (non-hydrogen) atoms. The second-order valence-corrected chi connectivity index (χ2v) is 6.03. The summed E-state index contributed by atoms with van der Waals surface area (Å²) in [6.07, 6.45) is 0. The van der Waals surface area contributed by atoms with Crippen molar-refractivity contribution in [1.82, 2.24) is 9.80 Å². The lowest BCUT2D eigenvalue weighted by atomic mass is 10.1. The average molecular weight is 324 g/mol. The zero-order valence-electron chi connectivity index (χ0n) is 14.1. The maximum absolute atomic E-state index is 12.6. The first-order valence-corrected chi connectivity index (χ1v) is 8.54. The zero-order chi connectivity index (χ0) is 16.8. The minimum atomic E-state index is 0.111. The Kier molecular flexibility index (Phi) is 5.49. The van der Waals surface area contributed by atoms with E-state index in [-0.39, 0.29) is 5.91 Å². The van der Waals surface area contributed by atoms with Crippen molar-refractivity contribution in [2.24, 2.45) is 0 Å². The fraction of sp³-hybridized carbons (Fsp3) is 0.350. The van der Waals surface area contributed by atoms with E-state index in [1.807, 2.05) is 59.5 Å². The zero-order valence-corrected chi connectivity index (χ0v) is 14.1. The molecule has 1 fully saturated rings. The van der Waals surface area contributed by atoms with Crippen LogP contribution in [0.25, 0.3) is 0 Å². The van der Waals surface area contributed by atoms with Crippen LogP contribution in [0.2, 0.25) is 0 Å². The summed E-state index contributed by atoms with van der Waals surface area (Å²) in [5.41, 5.74) is 1.86. The highest BCUT2D eigenvalue weighted by Gasteiger charge is 2.21. The van der Waals surface area contributed by atoms with Crippen LogP contribution in [-0.2, 0) is 6.61 Å². The molecule has 4 heteroatoms. The molecule has 1 amide bonds. The second kappa shape index (κ2) is 7.97. The standard InChI is InChI=1S/C20H24N2O2/c1-2-21-12-14-22(15-13-21)20(23)18-8-10-19(11-9-18)24-16-17-6-4-3-5-7-17/h3-11H,2,12-16H2,1H3. The van der Waals surface area contributed by atoms with E-state index < -0.39 is 0 Å². The third-order valence-corrected chi connectivity index (χ3v) is 4.46. The van der Waals surface area contributed by atoms with Crippen molar-refractivity contribution in [3.05, 3.63) is 65.7 Å². The molecule has 1 aliphatic rings. The molecule has 1 aliphatic heterocycles. The van der Waals surface area contributed by atoms with E-state index in [1.54, 1.807) is 0 Å². The van der Waals surface area contributed by atoms with Crippen LogP contribution < -0.4 is 4.74 Å². The molecule has 3 rings (SSSR count). The van der Waals surface area contributed by atoms with Gasteiger partial charge in [-0.25, -0.2) is 0 Å². The lowest BCUT2D eigenvalue weighted by molar-refractivity contribution is 0.0643. The fourth-order valence-corrected chi connectivity index (χ4v) is 2.88. The molecule has 2 aromatic rings. The van der Waals surface area contributed by atoms with Gasteiger partial charge in [0.15, 0.2) is 0 Å². The summed E-state index contributed by atoms with van der Waals surface area (Å²) in [6, 6.07) is 17.5. The van der Waals surface area contributed by atoms with Crippen molar-refractivity contribution in [2.75, 3.05) is 32.7 Å². The van der Waals surface area contributed by atoms with Crippen LogP contribution in [0.4, 0.5) is 0 Å². The molecular formula is C20H24N2O2. The molecule has 0 N–H and O–H groups in total. The molecular weight excluding hydrogens is 300 g/mol. The maximum atomic E-state index is 12.6. The smallest absolute Gasteiger partial charge is 0.253 e. The van der Waals surface area contributed by atoms with Gasteiger partial charge in [0.1, 0.15) is 12.4 Å². The Morgan fingerprint density at radius 2 is 1.62 bits per heavy atom. The van der Waals surface area contributed by atoms with Gasteiger partial charge in [0.25, 0.3) is 5.91 Å². The van der Waals surface area contributed by atoms with Gasteiger partial charge in [-0.15, -0.1) is 0 Å². The van der Waals surface area contributed by atoms with E-state index in [0.29, 0.717) is 6.61 Å². The molecule has 0 aliphatic carbocycles. The summed E-state index contributed by atoms with van der Waals surface area (Å²) in [5, 5.41) is 0. The molecule has 0 aromatic heterocycles. The molecule has 0 radical (unpaired) electrons. The van der Waals surface area contributed by atoms with Crippen LogP contribution in [0.1, 0.15) is 22.8 Å². The number of hydrogen-bond acceptors (Lipinski definition) is 3. The van der Waals surface area contributed by atoms with Crippen LogP contribution in [0.3, 0.4) is 0 Å². The van der Waals surface area contributed by atoms with Crippen LogP contribution in [0, 0.1) is 0 Å². The molecule has 126 valence electrons. The Balaban J connectivity index is 1.55. The monoisotopic (exact) mass is 324 g/mol. The van der Waals surface area contributed by atoms with Gasteiger partial charge in [-0.3, -0.25) is 4.79 Å². The summed E-state index contributed by atoms with van der Waals surface area (Å²) in [7, 11) is 0. The normalized spacial score (nSPS) is 15.3. The number of amides is 1. The molecule has 2 aromatic carbocycles. The topological polar surface area (TPSA) is 32.8 Å². The number of piperazine rings is 1. The van der Waals surface area contributed by atoms with Crippen molar-refractivity contribution < 1.29 is 9.53 Å². The maximum Gasteiger partial charge on any atom is 0.253 e. The fourth-order valence-electron chi connectivity index (χ4n) is 2.88. The van der Waals surface area contributed by atoms with Crippen LogP contribution in [-0.4, -0.2) is 48.4 Å². The van der Waals surface area contributed by atoms with Crippen molar-refractivity contribution in [3.63, 3.8) is 0 Å². The van der Waals surface area contributed by atoms with Gasteiger partial charge >= 0.3 is 0 Å². The van der Waals surface area contributed by atoms with Crippen LogP contribution in [0.5, 0.6) is 5.75 Å². The Morgan fingerprint density at radius 1 is 0.958 bits per heavy atom. The number of carbonyl (C=O) groups excluding carboxylic acids is 1. The van der Waals surface area contributed by atoms with Gasteiger partial charge in [-0.1, -0.05) is 37.3 Å². The van der Waals surface area contributed by atoms with E-state index in [1.165, 1.54) is 0 Å². The highest BCUT2D eigenvalue weighted by molar-refractivity contribution is 5.94. The predicted octanol–water partition coefficient (Wildman–Crippen LogP) is 3.04. The van der Waals surface area contributed by atoms with Crippen molar-refractivity contribution in [3.8, 4) is 5.75 Å². The molecule has 0 saturated carbocycles. The number of likely N-dealkylation sites (N-methyl/N-ethyl adjacent to an activating group) is 1. The number of hydrogen-bond donors (Lipinski definition) is 0. The van der Waals surface area contributed by atoms with E-state index in [0.717, 1.165) is 49.6 Å². The van der Waals surface area contributed by atoms with Crippen molar-refractivity contribution in [2.45, 2.75) is 13.5 Å². The Labute approximate surface area is 143 Å². The van der Waals surface area contributed by atoms with Gasteiger partial charge < -0.3 is 14.5 Å². The first kappa shape index (κ1) is 16.5. The first-order valence-electron chi connectivity index (χ1n) is 8.54. The lowest BCUT2D eigenvalue weighted by Crippen LogP contribution is -2.48. The van der Waals surface area contributed by atoms with E-state index in [2.05, 4.69) is 11.8 Å². The third-order valence-electron chi connectivity index (χ3n) is 4.46. The lowest BCUT2D eigenvalue weighted by Gasteiger charge is -2.34. The SMILES string of the molecule is CCN1CCN(C(=O)c2ccc(OCc3ccccc3)cc2)CC1. The molecule has 0 bridgehead atoms. The second-order valence-electron chi connectivity index (χ2n) is 6.03. The van der Waals surface area contributed by atoms with Crippen molar-refractivity contribution in [1.29, 1.82) is 0 Å². The quantitative estimate of drug-likeness (QED) is 0.847. The molecule has 1 heterocycles. The molecule has 0 atom stereocenters. The van der Waals surface area contributed by atoms with E-state index in [4.69, 9.17) is 4.74 Å². The first-order chi connectivity index (χ1) is 11.8. The van der Waals surface area contributed by atoms with Gasteiger partial charge in [0, 0.05) is 31.7 Å². The molecule has 4 nitrogen and oxygen atoms in total. The Bertz CT molecular complexity index is 647. The summed E-state index contributed by atoms with van der Waals surface area (Å²) in [6.45, 7) is 7.27. The van der Waals surface area contributed by atoms with Crippen molar-refractivity contribution >= 4 is 5.91 Å². The summed E-state index contributed by atoms with van der Waals surface area (Å²) in [4.78, 5) is 16.9. The summed E-state index contributed by atoms with van der Waals surface area (Å²) < 4.78 is 5.77. The van der Waals surface area contributed by atoms with Crippen LogP contribution >= 0.6 is 0 Å².